The standard InChI is InChI=1S/C34H68N2O14P2/c1-3-5-7-9-11-13-15-17-19-21-23-26(38)32(40)35-29-30(34(50-52(45,46)47)48-28(25-37)31(29)49-51(42,43)44)36-33(41)27(39)24-22-20-18-16-14-12-10-8-6-4-2/h26-31,34,37-39H,3-25H2,1-2H3,(H,35,40)(H,36,41)(H2,42,43,44)(H2,45,46,47)/t26?,27?,28-,29+,30-,31?,34-/m1/s1. The molecule has 1 saturated heterocycles. The maximum atomic E-state index is 13.2. The fourth-order valence-corrected chi connectivity index (χ4v) is 7.40. The van der Waals surface area contributed by atoms with Crippen molar-refractivity contribution < 1.29 is 67.4 Å². The number of ether oxygens (including phenoxy) is 1. The molecule has 9 N–H and O–H groups in total. The number of hydrogen-bond acceptors (Lipinski definition) is 10. The van der Waals surface area contributed by atoms with Crippen LogP contribution in [0, 0.1) is 0 Å². The van der Waals surface area contributed by atoms with Crippen molar-refractivity contribution in [1.82, 2.24) is 10.6 Å². The number of aliphatic hydroxyl groups excluding tert-OH is 3. The van der Waals surface area contributed by atoms with Crippen molar-refractivity contribution in [2.24, 2.45) is 0 Å². The van der Waals surface area contributed by atoms with Crippen LogP contribution in [0.3, 0.4) is 0 Å². The van der Waals surface area contributed by atoms with Gasteiger partial charge in [0.2, 0.25) is 11.8 Å². The van der Waals surface area contributed by atoms with Crippen molar-refractivity contribution in [3.8, 4) is 0 Å². The average molecular weight is 791 g/mol. The number of unbranched alkanes of at least 4 members (excludes halogenated alkanes) is 18. The summed E-state index contributed by atoms with van der Waals surface area (Å²) < 4.78 is 38.8. The summed E-state index contributed by atoms with van der Waals surface area (Å²) in [5.74, 6) is -2.06. The summed E-state index contributed by atoms with van der Waals surface area (Å²) in [7, 11) is -10.7. The highest BCUT2D eigenvalue weighted by Gasteiger charge is 2.52. The van der Waals surface area contributed by atoms with Crippen LogP contribution in [0.4, 0.5) is 0 Å². The third-order valence-electron chi connectivity index (χ3n) is 9.27. The molecule has 0 radical (unpaired) electrons. The molecule has 1 fully saturated rings. The van der Waals surface area contributed by atoms with Gasteiger partial charge >= 0.3 is 15.6 Å². The first-order valence-electron chi connectivity index (χ1n) is 19.3. The van der Waals surface area contributed by atoms with Crippen LogP contribution in [-0.2, 0) is 32.5 Å². The van der Waals surface area contributed by atoms with Gasteiger partial charge in [-0.3, -0.25) is 18.6 Å². The molecule has 3 unspecified atom stereocenters. The predicted octanol–water partition coefficient (Wildman–Crippen LogP) is 4.60. The lowest BCUT2D eigenvalue weighted by molar-refractivity contribution is -0.222. The van der Waals surface area contributed by atoms with E-state index >= 15 is 0 Å². The summed E-state index contributed by atoms with van der Waals surface area (Å²) in [6, 6.07) is -3.58. The number of rotatable bonds is 31. The number of phosphoric acid groups is 2. The smallest absolute Gasteiger partial charge is 0.394 e. The molecule has 0 saturated carbocycles. The highest BCUT2D eigenvalue weighted by molar-refractivity contribution is 7.46. The van der Waals surface area contributed by atoms with Crippen molar-refractivity contribution in [2.45, 2.75) is 198 Å². The quantitative estimate of drug-likeness (QED) is 0.0343. The van der Waals surface area contributed by atoms with E-state index in [1.54, 1.807) is 0 Å². The van der Waals surface area contributed by atoms with E-state index in [-0.39, 0.29) is 12.8 Å². The van der Waals surface area contributed by atoms with Crippen LogP contribution < -0.4 is 10.6 Å². The Bertz CT molecular complexity index is 1060. The van der Waals surface area contributed by atoms with Gasteiger partial charge < -0.3 is 50.3 Å². The number of aliphatic hydroxyl groups is 3. The second kappa shape index (κ2) is 27.6. The van der Waals surface area contributed by atoms with E-state index in [1.807, 2.05) is 0 Å². The van der Waals surface area contributed by atoms with Gasteiger partial charge in [-0.25, -0.2) is 9.13 Å². The van der Waals surface area contributed by atoms with E-state index in [2.05, 4.69) is 24.5 Å². The molecular weight excluding hydrogens is 722 g/mol. The summed E-state index contributed by atoms with van der Waals surface area (Å²) in [5.41, 5.74) is 0. The maximum absolute atomic E-state index is 13.2. The van der Waals surface area contributed by atoms with Crippen molar-refractivity contribution in [3.05, 3.63) is 0 Å². The normalized spacial score (nSPS) is 22.2. The molecule has 0 aromatic carbocycles. The second-order valence-corrected chi connectivity index (χ2v) is 16.3. The number of amides is 2. The second-order valence-electron chi connectivity index (χ2n) is 13.9. The van der Waals surface area contributed by atoms with E-state index in [0.717, 1.165) is 64.2 Å². The summed E-state index contributed by atoms with van der Waals surface area (Å²) in [5, 5.41) is 36.0. The molecule has 1 heterocycles. The van der Waals surface area contributed by atoms with Crippen LogP contribution in [0.15, 0.2) is 0 Å². The fourth-order valence-electron chi connectivity index (χ4n) is 6.37. The van der Waals surface area contributed by atoms with Crippen LogP contribution in [0.5, 0.6) is 0 Å². The van der Waals surface area contributed by atoms with Gasteiger partial charge in [-0.1, -0.05) is 142 Å². The minimum Gasteiger partial charge on any atom is -0.394 e. The SMILES string of the molecule is CCCCCCCCCCCCC(O)C(=O)N[C@H]1[C@@H](OP(=O)(O)O)O[C@H](CO)C(OP(=O)(O)O)[C@H]1NC(=O)C(O)CCCCCCCCCCCC. The highest BCUT2D eigenvalue weighted by Crippen LogP contribution is 2.44. The molecule has 2 amide bonds. The van der Waals surface area contributed by atoms with Crippen LogP contribution in [0.2, 0.25) is 0 Å². The molecule has 52 heavy (non-hydrogen) atoms. The van der Waals surface area contributed by atoms with Gasteiger partial charge in [0.05, 0.1) is 12.6 Å². The monoisotopic (exact) mass is 790 g/mol. The first-order chi connectivity index (χ1) is 24.6. The molecule has 0 aliphatic carbocycles. The number of hydrogen-bond donors (Lipinski definition) is 9. The number of phosphoric ester groups is 2. The summed E-state index contributed by atoms with van der Waals surface area (Å²) in [6.45, 7) is 3.32. The van der Waals surface area contributed by atoms with Crippen molar-refractivity contribution in [1.29, 1.82) is 0 Å². The average Bonchev–Trinajstić information content (AvgIpc) is 3.07. The van der Waals surface area contributed by atoms with Crippen molar-refractivity contribution >= 4 is 27.5 Å². The Kier molecular flexibility index (Phi) is 26.0. The van der Waals surface area contributed by atoms with Crippen LogP contribution in [-0.4, -0.2) is 96.1 Å². The van der Waals surface area contributed by atoms with Gasteiger partial charge in [-0.2, -0.15) is 0 Å². The lowest BCUT2D eigenvalue weighted by atomic mass is 9.93. The molecule has 0 spiro atoms. The maximum Gasteiger partial charge on any atom is 0.472 e. The zero-order valence-electron chi connectivity index (χ0n) is 31.2. The molecule has 0 bridgehead atoms. The zero-order chi connectivity index (χ0) is 39.0. The summed E-state index contributed by atoms with van der Waals surface area (Å²) in [4.78, 5) is 64.8. The van der Waals surface area contributed by atoms with E-state index in [9.17, 15) is 53.6 Å². The first kappa shape index (κ1) is 49.0. The van der Waals surface area contributed by atoms with E-state index < -0.39 is 76.9 Å². The fraction of sp³-hybridized carbons (Fsp3) is 0.941. The van der Waals surface area contributed by atoms with E-state index in [0.29, 0.717) is 12.8 Å². The van der Waals surface area contributed by atoms with E-state index in [1.165, 1.54) is 51.4 Å². The largest absolute Gasteiger partial charge is 0.472 e. The molecule has 0 aromatic rings. The summed E-state index contributed by atoms with van der Waals surface area (Å²) in [6.07, 6.45) is 11.7. The Balaban J connectivity index is 2.97. The number of carbonyl (C=O) groups excluding carboxylic acids is 2. The molecule has 308 valence electrons. The Morgan fingerprint density at radius 1 is 0.596 bits per heavy atom. The minimum absolute atomic E-state index is 0.0377. The zero-order valence-corrected chi connectivity index (χ0v) is 33.0. The van der Waals surface area contributed by atoms with Crippen molar-refractivity contribution in [2.75, 3.05) is 6.61 Å². The lowest BCUT2D eigenvalue weighted by Gasteiger charge is -2.46. The Hall–Kier alpha value is -1.00. The molecule has 0 aromatic heterocycles. The van der Waals surface area contributed by atoms with Gasteiger partial charge in [-0.15, -0.1) is 0 Å². The summed E-state index contributed by atoms with van der Waals surface area (Å²) >= 11 is 0. The molecule has 18 heteroatoms. The molecule has 1 rings (SSSR count). The Labute approximate surface area is 309 Å². The third kappa shape index (κ3) is 22.4. The van der Waals surface area contributed by atoms with Crippen LogP contribution >= 0.6 is 15.6 Å². The van der Waals surface area contributed by atoms with Gasteiger partial charge in [0, 0.05) is 0 Å². The van der Waals surface area contributed by atoms with Crippen LogP contribution in [0.1, 0.15) is 155 Å². The van der Waals surface area contributed by atoms with Gasteiger partial charge in [0.15, 0.2) is 6.29 Å². The predicted molar refractivity (Wildman–Crippen MR) is 195 cm³/mol. The topological polar surface area (TPSA) is 262 Å². The van der Waals surface area contributed by atoms with Crippen molar-refractivity contribution in [3.63, 3.8) is 0 Å². The first-order valence-corrected chi connectivity index (χ1v) is 22.4. The molecule has 1 aliphatic rings. The van der Waals surface area contributed by atoms with Gasteiger partial charge in [0.1, 0.15) is 30.5 Å². The molecule has 7 atom stereocenters. The molecule has 1 aliphatic heterocycles. The molecular formula is C34H68N2O14P2. The Morgan fingerprint density at radius 3 is 1.29 bits per heavy atom. The molecule has 16 nitrogen and oxygen atoms in total. The van der Waals surface area contributed by atoms with Crippen LogP contribution in [0.25, 0.3) is 0 Å². The van der Waals surface area contributed by atoms with Gasteiger partial charge in [0.25, 0.3) is 0 Å². The number of nitrogens with one attached hydrogen (secondary N) is 2. The number of carbonyl (C=O) groups is 2. The lowest BCUT2D eigenvalue weighted by Crippen LogP contribution is -2.70. The van der Waals surface area contributed by atoms with Gasteiger partial charge in [-0.05, 0) is 12.8 Å². The highest BCUT2D eigenvalue weighted by atomic mass is 31.2. The minimum atomic E-state index is -5.37. The third-order valence-corrected chi connectivity index (χ3v) is 10.3. The Morgan fingerprint density at radius 2 is 0.942 bits per heavy atom. The van der Waals surface area contributed by atoms with E-state index in [4.69, 9.17) is 13.8 Å².